The maximum absolute atomic E-state index is 13.3. The van der Waals surface area contributed by atoms with Crippen LogP contribution in [0.5, 0.6) is 0 Å². The number of fused-ring (bicyclic) bond motifs is 1. The highest BCUT2D eigenvalue weighted by Gasteiger charge is 2.40. The van der Waals surface area contributed by atoms with Crippen molar-refractivity contribution in [1.29, 1.82) is 0 Å². The summed E-state index contributed by atoms with van der Waals surface area (Å²) in [5, 5.41) is 3.09. The van der Waals surface area contributed by atoms with E-state index in [1.807, 2.05) is 0 Å². The van der Waals surface area contributed by atoms with Crippen molar-refractivity contribution >= 4 is 0 Å². The predicted molar refractivity (Wildman–Crippen MR) is 75.8 cm³/mol. The molecule has 6 heteroatoms. The van der Waals surface area contributed by atoms with Crippen LogP contribution in [-0.4, -0.2) is 16.1 Å². The van der Waals surface area contributed by atoms with Gasteiger partial charge in [0, 0.05) is 31.7 Å². The van der Waals surface area contributed by atoms with E-state index in [9.17, 15) is 13.2 Å². The molecule has 3 nitrogen and oxygen atoms in total. The number of halogens is 3. The highest BCUT2D eigenvalue weighted by molar-refractivity contribution is 5.21. The zero-order chi connectivity index (χ0) is 15.8. The smallest absolute Gasteiger partial charge is 0.324 e. The molecule has 1 aromatic rings. The van der Waals surface area contributed by atoms with Crippen molar-refractivity contribution in [3.8, 4) is 0 Å². The molecule has 0 unspecified atom stereocenters. The van der Waals surface area contributed by atoms with Crippen LogP contribution in [0.15, 0.2) is 0 Å². The van der Waals surface area contributed by atoms with Crippen LogP contribution < -0.4 is 5.32 Å². The van der Waals surface area contributed by atoms with Crippen molar-refractivity contribution in [2.75, 3.05) is 6.54 Å². The Morgan fingerprint density at radius 3 is 2.33 bits per heavy atom. The fourth-order valence-electron chi connectivity index (χ4n) is 3.19. The average Bonchev–Trinajstić information content (AvgIpc) is 2.73. The minimum absolute atomic E-state index is 0.208. The quantitative estimate of drug-likeness (QED) is 0.923. The highest BCUT2D eigenvalue weighted by Crippen LogP contribution is 2.33. The number of hydrogen-bond acceptors (Lipinski definition) is 2. The average molecular weight is 303 g/mol. The van der Waals surface area contributed by atoms with Crippen molar-refractivity contribution in [3.63, 3.8) is 0 Å². The minimum Gasteiger partial charge on any atom is -0.324 e. The largest absolute Gasteiger partial charge is 0.449 e. The third kappa shape index (κ3) is 3.42. The van der Waals surface area contributed by atoms with Crippen molar-refractivity contribution in [3.05, 3.63) is 17.2 Å². The standard InChI is InChI=1S/C15H24F3N3/c1-9(2)11(10(3)4)8-21-13-5-6-19-7-12(13)20-14(21)15(16,17)18/h9-11,19H,5-8H2,1-4H3. The van der Waals surface area contributed by atoms with Crippen LogP contribution in [0.3, 0.4) is 0 Å². The molecule has 1 N–H and O–H groups in total. The van der Waals surface area contributed by atoms with Gasteiger partial charge in [0.1, 0.15) is 0 Å². The zero-order valence-corrected chi connectivity index (χ0v) is 13.1. The van der Waals surface area contributed by atoms with Crippen molar-refractivity contribution in [1.82, 2.24) is 14.9 Å². The lowest BCUT2D eigenvalue weighted by Gasteiger charge is -2.28. The van der Waals surface area contributed by atoms with E-state index in [4.69, 9.17) is 0 Å². The van der Waals surface area contributed by atoms with Gasteiger partial charge in [-0.25, -0.2) is 4.98 Å². The third-order valence-corrected chi connectivity index (χ3v) is 4.35. The fourth-order valence-corrected chi connectivity index (χ4v) is 3.19. The van der Waals surface area contributed by atoms with Gasteiger partial charge in [0.2, 0.25) is 5.82 Å². The van der Waals surface area contributed by atoms with Gasteiger partial charge in [-0.3, -0.25) is 0 Å². The summed E-state index contributed by atoms with van der Waals surface area (Å²) >= 11 is 0. The second kappa shape index (κ2) is 5.99. The molecule has 120 valence electrons. The molecule has 0 fully saturated rings. The van der Waals surface area contributed by atoms with E-state index in [2.05, 4.69) is 38.0 Å². The van der Waals surface area contributed by atoms with Gasteiger partial charge in [0.05, 0.1) is 5.69 Å². The highest BCUT2D eigenvalue weighted by atomic mass is 19.4. The van der Waals surface area contributed by atoms with Crippen LogP contribution >= 0.6 is 0 Å². The third-order valence-electron chi connectivity index (χ3n) is 4.35. The van der Waals surface area contributed by atoms with Gasteiger partial charge in [-0.1, -0.05) is 27.7 Å². The fraction of sp³-hybridized carbons (Fsp3) is 0.800. The van der Waals surface area contributed by atoms with Crippen LogP contribution in [0.4, 0.5) is 13.2 Å². The van der Waals surface area contributed by atoms with Crippen LogP contribution in [-0.2, 0) is 25.7 Å². The lowest BCUT2D eigenvalue weighted by atomic mass is 9.85. The Labute approximate surface area is 123 Å². The number of rotatable bonds is 4. The maximum atomic E-state index is 13.3. The second-order valence-electron chi connectivity index (χ2n) is 6.52. The Kier molecular flexibility index (Phi) is 4.66. The Morgan fingerprint density at radius 1 is 1.19 bits per heavy atom. The molecule has 21 heavy (non-hydrogen) atoms. The van der Waals surface area contributed by atoms with Crippen LogP contribution in [0.25, 0.3) is 0 Å². The molecule has 0 atom stereocenters. The first-order chi connectivity index (χ1) is 9.71. The van der Waals surface area contributed by atoms with E-state index in [0.29, 0.717) is 43.6 Å². The molecule has 0 saturated heterocycles. The summed E-state index contributed by atoms with van der Waals surface area (Å²) in [4.78, 5) is 3.87. The molecule has 0 bridgehead atoms. The summed E-state index contributed by atoms with van der Waals surface area (Å²) in [6, 6.07) is 0. The van der Waals surface area contributed by atoms with Gasteiger partial charge in [0.25, 0.3) is 0 Å². The molecule has 1 aliphatic rings. The number of aromatic nitrogens is 2. The van der Waals surface area contributed by atoms with Crippen molar-refractivity contribution in [2.24, 2.45) is 17.8 Å². The Hall–Kier alpha value is -1.04. The summed E-state index contributed by atoms with van der Waals surface area (Å²) in [6.07, 6.45) is -3.78. The lowest BCUT2D eigenvalue weighted by molar-refractivity contribution is -0.147. The van der Waals surface area contributed by atoms with Crippen molar-refractivity contribution < 1.29 is 13.2 Å². The molecule has 0 spiro atoms. The number of imidazole rings is 1. The topological polar surface area (TPSA) is 29.9 Å². The normalized spacial score (nSPS) is 16.1. The van der Waals surface area contributed by atoms with E-state index in [1.165, 1.54) is 4.57 Å². The van der Waals surface area contributed by atoms with E-state index in [1.54, 1.807) is 0 Å². The maximum Gasteiger partial charge on any atom is 0.449 e. The number of alkyl halides is 3. The van der Waals surface area contributed by atoms with E-state index < -0.39 is 12.0 Å². The monoisotopic (exact) mass is 303 g/mol. The van der Waals surface area contributed by atoms with Gasteiger partial charge in [-0.15, -0.1) is 0 Å². The van der Waals surface area contributed by atoms with Gasteiger partial charge in [0.15, 0.2) is 0 Å². The van der Waals surface area contributed by atoms with E-state index in [-0.39, 0.29) is 5.92 Å². The summed E-state index contributed by atoms with van der Waals surface area (Å²) in [7, 11) is 0. The second-order valence-corrected chi connectivity index (χ2v) is 6.52. The SMILES string of the molecule is CC(C)C(Cn1c(C(F)(F)F)nc2c1CCNC2)C(C)C. The van der Waals surface area contributed by atoms with E-state index in [0.717, 1.165) is 5.69 Å². The first kappa shape index (κ1) is 16.3. The summed E-state index contributed by atoms with van der Waals surface area (Å²) < 4.78 is 41.3. The Morgan fingerprint density at radius 2 is 1.81 bits per heavy atom. The summed E-state index contributed by atoms with van der Waals surface area (Å²) in [6.45, 7) is 9.83. The zero-order valence-electron chi connectivity index (χ0n) is 13.1. The first-order valence-electron chi connectivity index (χ1n) is 7.58. The minimum atomic E-state index is -4.39. The molecular weight excluding hydrogens is 279 g/mol. The molecule has 0 saturated carbocycles. The van der Waals surface area contributed by atoms with Gasteiger partial charge >= 0.3 is 6.18 Å². The van der Waals surface area contributed by atoms with Gasteiger partial charge in [-0.2, -0.15) is 13.2 Å². The molecule has 0 amide bonds. The molecule has 2 heterocycles. The molecular formula is C15H24F3N3. The summed E-state index contributed by atoms with van der Waals surface area (Å²) in [5.74, 6) is 0.151. The molecule has 0 aromatic carbocycles. The van der Waals surface area contributed by atoms with Gasteiger partial charge in [-0.05, 0) is 17.8 Å². The van der Waals surface area contributed by atoms with Crippen molar-refractivity contribution in [2.45, 2.75) is 53.4 Å². The number of hydrogen-bond donors (Lipinski definition) is 1. The number of nitrogens with one attached hydrogen (secondary N) is 1. The molecule has 0 aliphatic carbocycles. The Balaban J connectivity index is 2.43. The predicted octanol–water partition coefficient (Wildman–Crippen LogP) is 3.48. The number of nitrogens with zero attached hydrogens (tertiary/aromatic N) is 2. The van der Waals surface area contributed by atoms with Crippen LogP contribution in [0, 0.1) is 17.8 Å². The molecule has 1 aliphatic heterocycles. The van der Waals surface area contributed by atoms with Crippen LogP contribution in [0.1, 0.15) is 44.9 Å². The van der Waals surface area contributed by atoms with Crippen LogP contribution in [0.2, 0.25) is 0 Å². The molecule has 1 aromatic heterocycles. The molecule has 2 rings (SSSR count). The first-order valence-corrected chi connectivity index (χ1v) is 7.58. The lowest BCUT2D eigenvalue weighted by Crippen LogP contribution is -2.29. The summed E-state index contributed by atoms with van der Waals surface area (Å²) in [5.41, 5.74) is 1.31. The Bertz CT molecular complexity index is 481. The molecule has 0 radical (unpaired) electrons. The van der Waals surface area contributed by atoms with Gasteiger partial charge < -0.3 is 9.88 Å². The van der Waals surface area contributed by atoms with E-state index >= 15 is 0 Å².